The maximum Gasteiger partial charge on any atom is 0.182 e. The zero-order valence-corrected chi connectivity index (χ0v) is 15.6. The number of benzene rings is 3. The number of hydrogen-bond donors (Lipinski definition) is 0. The molecule has 27 heavy (non-hydrogen) atoms. The van der Waals surface area contributed by atoms with Gasteiger partial charge in [0.05, 0.1) is 17.6 Å². The van der Waals surface area contributed by atoms with Gasteiger partial charge in [-0.3, -0.25) is 4.79 Å². The number of nitrogens with zero attached hydrogens (tertiary/aromatic N) is 2. The number of imidazole rings is 1. The van der Waals surface area contributed by atoms with E-state index < -0.39 is 0 Å². The molecule has 4 aromatic rings. The third-order valence-electron chi connectivity index (χ3n) is 4.68. The normalized spacial score (nSPS) is 11.0. The third kappa shape index (κ3) is 3.93. The Kier molecular flexibility index (Phi) is 5.03. The summed E-state index contributed by atoms with van der Waals surface area (Å²) < 4.78 is 2.04. The van der Waals surface area contributed by atoms with E-state index in [1.165, 1.54) is 5.56 Å². The van der Waals surface area contributed by atoms with Crippen molar-refractivity contribution in [3.8, 4) is 0 Å². The molecule has 1 aromatic heterocycles. The van der Waals surface area contributed by atoms with Gasteiger partial charge >= 0.3 is 0 Å². The molecule has 0 unspecified atom stereocenters. The summed E-state index contributed by atoms with van der Waals surface area (Å²) in [5.74, 6) is 0.984. The molecule has 0 radical (unpaired) electrons. The molecule has 1 heterocycles. The zero-order chi connectivity index (χ0) is 18.6. The van der Waals surface area contributed by atoms with Crippen LogP contribution in [0.3, 0.4) is 0 Å². The number of aromatic nitrogens is 2. The number of fused-ring (bicyclic) bond motifs is 1. The van der Waals surface area contributed by atoms with Crippen molar-refractivity contribution >= 4 is 28.4 Å². The average Bonchev–Trinajstić information content (AvgIpc) is 3.05. The van der Waals surface area contributed by atoms with Gasteiger partial charge in [-0.1, -0.05) is 54.1 Å². The Bertz CT molecular complexity index is 1070. The molecule has 0 saturated heterocycles. The maximum absolute atomic E-state index is 12.8. The Labute approximate surface area is 163 Å². The van der Waals surface area contributed by atoms with E-state index in [1.807, 2.05) is 47.0 Å². The molecule has 4 heteroatoms. The first-order valence-electron chi connectivity index (χ1n) is 8.97. The van der Waals surface area contributed by atoms with Crippen LogP contribution in [0.5, 0.6) is 0 Å². The van der Waals surface area contributed by atoms with Crippen LogP contribution in [0.15, 0.2) is 78.9 Å². The van der Waals surface area contributed by atoms with Crippen molar-refractivity contribution in [1.82, 2.24) is 9.55 Å². The first-order valence-corrected chi connectivity index (χ1v) is 9.35. The summed E-state index contributed by atoms with van der Waals surface area (Å²) in [5.41, 5.74) is 3.83. The van der Waals surface area contributed by atoms with E-state index in [0.29, 0.717) is 10.6 Å². The van der Waals surface area contributed by atoms with Crippen molar-refractivity contribution < 1.29 is 4.79 Å². The van der Waals surface area contributed by atoms with Crippen LogP contribution in [0.25, 0.3) is 11.0 Å². The lowest BCUT2D eigenvalue weighted by Crippen LogP contribution is -2.13. The molecular formula is C23H19ClN2O. The summed E-state index contributed by atoms with van der Waals surface area (Å²) in [5, 5.41) is 0.628. The van der Waals surface area contributed by atoms with Crippen LogP contribution in [0.1, 0.15) is 21.7 Å². The van der Waals surface area contributed by atoms with E-state index in [0.717, 1.165) is 29.7 Å². The number of carbonyl (C=O) groups excluding carboxylic acids is 1. The highest BCUT2D eigenvalue weighted by molar-refractivity contribution is 6.30. The molecule has 0 spiro atoms. The molecule has 3 aromatic carbocycles. The minimum absolute atomic E-state index is 0.0516. The molecule has 4 rings (SSSR count). The largest absolute Gasteiger partial charge is 0.320 e. The fourth-order valence-electron chi connectivity index (χ4n) is 3.26. The lowest BCUT2D eigenvalue weighted by molar-refractivity contribution is 0.0972. The van der Waals surface area contributed by atoms with Crippen molar-refractivity contribution in [1.29, 1.82) is 0 Å². The zero-order valence-electron chi connectivity index (χ0n) is 14.8. The maximum atomic E-state index is 12.8. The summed E-state index contributed by atoms with van der Waals surface area (Å²) in [6.07, 6.45) is 1.67. The van der Waals surface area contributed by atoms with Gasteiger partial charge in [-0.05, 0) is 48.4 Å². The highest BCUT2D eigenvalue weighted by atomic mass is 35.5. The predicted molar refractivity (Wildman–Crippen MR) is 109 cm³/mol. The Morgan fingerprint density at radius 1 is 0.852 bits per heavy atom. The average molecular weight is 375 g/mol. The molecule has 3 nitrogen and oxygen atoms in total. The van der Waals surface area contributed by atoms with Crippen molar-refractivity contribution in [2.75, 3.05) is 0 Å². The smallest absolute Gasteiger partial charge is 0.182 e. The Hall–Kier alpha value is -2.91. The molecule has 0 fully saturated rings. The van der Waals surface area contributed by atoms with Crippen LogP contribution in [0, 0.1) is 0 Å². The van der Waals surface area contributed by atoms with E-state index >= 15 is 0 Å². The van der Waals surface area contributed by atoms with Crippen molar-refractivity contribution in [3.63, 3.8) is 0 Å². The van der Waals surface area contributed by atoms with Gasteiger partial charge in [0.25, 0.3) is 0 Å². The lowest BCUT2D eigenvalue weighted by atomic mass is 10.1. The van der Waals surface area contributed by atoms with Crippen molar-refractivity contribution in [2.24, 2.45) is 0 Å². The quantitative estimate of drug-likeness (QED) is 0.426. The van der Waals surface area contributed by atoms with Crippen LogP contribution < -0.4 is 0 Å². The third-order valence-corrected chi connectivity index (χ3v) is 4.93. The number of halogens is 1. The first-order chi connectivity index (χ1) is 13.2. The molecule has 0 amide bonds. The standard InChI is InChI=1S/C23H19ClN2O/c24-19-13-11-18(12-14-19)22(27)16-26-21-9-5-4-8-20(21)25-23(26)15-10-17-6-2-1-3-7-17/h1-9,11-14H,10,15-16H2. The molecule has 0 saturated carbocycles. The lowest BCUT2D eigenvalue weighted by Gasteiger charge is -2.09. The number of aryl methyl sites for hydroxylation is 2. The minimum Gasteiger partial charge on any atom is -0.320 e. The van der Waals surface area contributed by atoms with Gasteiger partial charge in [-0.25, -0.2) is 4.98 Å². The second kappa shape index (κ2) is 7.77. The Morgan fingerprint density at radius 3 is 2.33 bits per heavy atom. The highest BCUT2D eigenvalue weighted by Gasteiger charge is 2.15. The summed E-state index contributed by atoms with van der Waals surface area (Å²) in [7, 11) is 0. The van der Waals surface area contributed by atoms with Crippen LogP contribution >= 0.6 is 11.6 Å². The minimum atomic E-state index is 0.0516. The van der Waals surface area contributed by atoms with Crippen LogP contribution in [-0.4, -0.2) is 15.3 Å². The molecule has 0 aliphatic carbocycles. The van der Waals surface area contributed by atoms with E-state index in [4.69, 9.17) is 16.6 Å². The second-order valence-electron chi connectivity index (χ2n) is 6.52. The summed E-state index contributed by atoms with van der Waals surface area (Å²) in [6, 6.07) is 25.3. The van der Waals surface area contributed by atoms with Crippen LogP contribution in [-0.2, 0) is 19.4 Å². The van der Waals surface area contributed by atoms with Gasteiger partial charge < -0.3 is 4.57 Å². The molecule has 0 aliphatic rings. The molecule has 0 atom stereocenters. The van der Waals surface area contributed by atoms with E-state index in [2.05, 4.69) is 12.1 Å². The predicted octanol–water partition coefficient (Wildman–Crippen LogP) is 5.36. The monoisotopic (exact) mass is 374 g/mol. The van der Waals surface area contributed by atoms with Gasteiger partial charge in [-0.2, -0.15) is 0 Å². The number of Topliss-reactive ketones (excluding diaryl/α,β-unsaturated/α-hetero) is 1. The Balaban J connectivity index is 1.63. The van der Waals surface area contributed by atoms with Gasteiger partial charge in [-0.15, -0.1) is 0 Å². The van der Waals surface area contributed by atoms with Gasteiger partial charge in [0.15, 0.2) is 5.78 Å². The summed E-state index contributed by atoms with van der Waals surface area (Å²) in [6.45, 7) is 0.270. The van der Waals surface area contributed by atoms with Crippen molar-refractivity contribution in [3.05, 3.63) is 101 Å². The number of carbonyl (C=O) groups is 1. The highest BCUT2D eigenvalue weighted by Crippen LogP contribution is 2.19. The first kappa shape index (κ1) is 17.5. The van der Waals surface area contributed by atoms with Crippen molar-refractivity contribution in [2.45, 2.75) is 19.4 Å². The molecule has 0 bridgehead atoms. The number of para-hydroxylation sites is 2. The molecule has 0 aliphatic heterocycles. The van der Waals surface area contributed by atoms with E-state index in [1.54, 1.807) is 24.3 Å². The number of hydrogen-bond acceptors (Lipinski definition) is 2. The van der Waals surface area contributed by atoms with E-state index in [9.17, 15) is 4.79 Å². The number of ketones is 1. The van der Waals surface area contributed by atoms with Gasteiger partial charge in [0.1, 0.15) is 5.82 Å². The second-order valence-corrected chi connectivity index (χ2v) is 6.95. The summed E-state index contributed by atoms with van der Waals surface area (Å²) >= 11 is 5.94. The van der Waals surface area contributed by atoms with Crippen LogP contribution in [0.4, 0.5) is 0 Å². The van der Waals surface area contributed by atoms with Gasteiger partial charge in [0, 0.05) is 17.0 Å². The SMILES string of the molecule is O=C(Cn1c(CCc2ccccc2)nc2ccccc21)c1ccc(Cl)cc1. The summed E-state index contributed by atoms with van der Waals surface area (Å²) in [4.78, 5) is 17.6. The fourth-order valence-corrected chi connectivity index (χ4v) is 3.39. The molecular weight excluding hydrogens is 356 g/mol. The topological polar surface area (TPSA) is 34.9 Å². The van der Waals surface area contributed by atoms with E-state index in [-0.39, 0.29) is 12.3 Å². The molecule has 0 N–H and O–H groups in total. The van der Waals surface area contributed by atoms with Crippen LogP contribution in [0.2, 0.25) is 5.02 Å². The van der Waals surface area contributed by atoms with Gasteiger partial charge in [0.2, 0.25) is 0 Å². The number of rotatable bonds is 6. The fraction of sp³-hybridized carbons (Fsp3) is 0.130. The molecule has 134 valence electrons. The Morgan fingerprint density at radius 2 is 1.56 bits per heavy atom.